The maximum Gasteiger partial charge on any atom is 0.144 e. The molecule has 0 bridgehead atoms. The van der Waals surface area contributed by atoms with E-state index in [0.29, 0.717) is 0 Å². The average Bonchev–Trinajstić information content (AvgIpc) is 2.89. The number of aryl methyl sites for hydroxylation is 1. The number of imidazole rings is 1. The molecular weight excluding hydrogens is 256 g/mol. The zero-order valence-corrected chi connectivity index (χ0v) is 11.3. The molecule has 0 unspecified atom stereocenters. The minimum Gasteiger partial charge on any atom is -0.300 e. The average molecular weight is 269 g/mol. The first-order valence-electron chi connectivity index (χ1n) is 6.10. The van der Waals surface area contributed by atoms with Crippen LogP contribution in [0.4, 0.5) is 0 Å². The molecule has 0 N–H and O–H groups in total. The lowest BCUT2D eigenvalue weighted by Gasteiger charge is -2.08. The van der Waals surface area contributed by atoms with E-state index in [1.807, 2.05) is 42.7 Å². The van der Waals surface area contributed by atoms with Crippen LogP contribution < -0.4 is 0 Å². The number of hydrogen-bond donors (Lipinski definition) is 0. The number of aromatic nitrogens is 2. The first kappa shape index (κ1) is 12.0. The minimum atomic E-state index is 0.737. The summed E-state index contributed by atoms with van der Waals surface area (Å²) >= 11 is 5.93. The van der Waals surface area contributed by atoms with Crippen molar-refractivity contribution in [1.29, 1.82) is 0 Å². The molecule has 94 valence electrons. The molecule has 0 atom stereocenters. The Hall–Kier alpha value is -2.06. The molecular formula is C16H13ClN2. The van der Waals surface area contributed by atoms with Gasteiger partial charge in [-0.25, -0.2) is 4.98 Å². The van der Waals surface area contributed by atoms with Gasteiger partial charge >= 0.3 is 0 Å². The number of nitrogens with zero attached hydrogens (tertiary/aromatic N) is 2. The van der Waals surface area contributed by atoms with E-state index in [4.69, 9.17) is 11.6 Å². The van der Waals surface area contributed by atoms with Crippen LogP contribution in [0.2, 0.25) is 5.02 Å². The molecule has 3 heteroatoms. The third-order valence-corrected chi connectivity index (χ3v) is 3.27. The number of hydrogen-bond acceptors (Lipinski definition) is 1. The molecule has 0 aliphatic rings. The van der Waals surface area contributed by atoms with Crippen molar-refractivity contribution < 1.29 is 0 Å². The Bertz CT molecular complexity index is 699. The van der Waals surface area contributed by atoms with Gasteiger partial charge in [-0.15, -0.1) is 0 Å². The minimum absolute atomic E-state index is 0.737. The molecule has 0 aliphatic heterocycles. The summed E-state index contributed by atoms with van der Waals surface area (Å²) in [6.45, 7) is 2.08. The smallest absolute Gasteiger partial charge is 0.144 e. The third kappa shape index (κ3) is 2.40. The molecule has 0 amide bonds. The van der Waals surface area contributed by atoms with Crippen molar-refractivity contribution in [2.45, 2.75) is 6.92 Å². The van der Waals surface area contributed by atoms with E-state index in [1.165, 1.54) is 5.56 Å². The van der Waals surface area contributed by atoms with Crippen LogP contribution in [0.25, 0.3) is 17.1 Å². The Balaban J connectivity index is 2.10. The molecule has 0 spiro atoms. The van der Waals surface area contributed by atoms with Gasteiger partial charge in [0.2, 0.25) is 0 Å². The maximum atomic E-state index is 5.93. The van der Waals surface area contributed by atoms with E-state index in [9.17, 15) is 0 Å². The summed E-state index contributed by atoms with van der Waals surface area (Å²) in [5.41, 5.74) is 3.39. The van der Waals surface area contributed by atoms with Gasteiger partial charge in [-0.3, -0.25) is 4.57 Å². The molecule has 2 aromatic carbocycles. The molecule has 0 aliphatic carbocycles. The van der Waals surface area contributed by atoms with Crippen LogP contribution >= 0.6 is 11.6 Å². The zero-order valence-electron chi connectivity index (χ0n) is 10.5. The Morgan fingerprint density at radius 2 is 1.84 bits per heavy atom. The monoisotopic (exact) mass is 268 g/mol. The summed E-state index contributed by atoms with van der Waals surface area (Å²) in [7, 11) is 0. The van der Waals surface area contributed by atoms with Gasteiger partial charge in [0.1, 0.15) is 5.82 Å². The van der Waals surface area contributed by atoms with Crippen molar-refractivity contribution in [1.82, 2.24) is 9.55 Å². The van der Waals surface area contributed by atoms with E-state index in [-0.39, 0.29) is 0 Å². The van der Waals surface area contributed by atoms with Crippen LogP contribution in [-0.4, -0.2) is 9.55 Å². The molecule has 0 radical (unpaired) electrons. The molecule has 3 aromatic rings. The van der Waals surface area contributed by atoms with Crippen LogP contribution in [0.3, 0.4) is 0 Å². The van der Waals surface area contributed by atoms with Crippen molar-refractivity contribution in [2.75, 3.05) is 0 Å². The molecule has 0 saturated heterocycles. The Kier molecular flexibility index (Phi) is 3.10. The molecule has 3 rings (SSSR count). The Morgan fingerprint density at radius 1 is 1.05 bits per heavy atom. The summed E-state index contributed by atoms with van der Waals surface area (Å²) in [6, 6.07) is 16.1. The van der Waals surface area contributed by atoms with E-state index in [1.54, 1.807) is 0 Å². The van der Waals surface area contributed by atoms with Crippen LogP contribution in [0, 0.1) is 6.92 Å². The van der Waals surface area contributed by atoms with Gasteiger partial charge in [-0.1, -0.05) is 35.4 Å². The van der Waals surface area contributed by atoms with Gasteiger partial charge in [0.05, 0.1) is 0 Å². The quantitative estimate of drug-likeness (QED) is 0.669. The second-order valence-electron chi connectivity index (χ2n) is 4.47. The molecule has 1 heterocycles. The summed E-state index contributed by atoms with van der Waals surface area (Å²) in [4.78, 5) is 4.46. The van der Waals surface area contributed by atoms with Crippen LogP contribution in [-0.2, 0) is 0 Å². The zero-order chi connectivity index (χ0) is 13.2. The predicted octanol–water partition coefficient (Wildman–Crippen LogP) is 4.50. The maximum absolute atomic E-state index is 5.93. The lowest BCUT2D eigenvalue weighted by molar-refractivity contribution is 1.07. The second kappa shape index (κ2) is 4.90. The summed E-state index contributed by atoms with van der Waals surface area (Å²) in [5.74, 6) is 0.936. The fraction of sp³-hybridized carbons (Fsp3) is 0.0625. The summed E-state index contributed by atoms with van der Waals surface area (Å²) in [6.07, 6.45) is 3.77. The third-order valence-electron chi connectivity index (χ3n) is 3.02. The number of halogens is 1. The van der Waals surface area contributed by atoms with Crippen LogP contribution in [0.15, 0.2) is 60.9 Å². The number of benzene rings is 2. The van der Waals surface area contributed by atoms with E-state index in [0.717, 1.165) is 22.1 Å². The standard InChI is InChI=1S/C16H13ClN2/c1-12-3-2-4-13(11-12)16-18-9-10-19(16)15-7-5-14(17)6-8-15/h2-11H,1H3. The predicted molar refractivity (Wildman–Crippen MR) is 78.7 cm³/mol. The van der Waals surface area contributed by atoms with Crippen LogP contribution in [0.1, 0.15) is 5.56 Å². The molecule has 2 nitrogen and oxygen atoms in total. The highest BCUT2D eigenvalue weighted by molar-refractivity contribution is 6.30. The van der Waals surface area contributed by atoms with E-state index in [2.05, 4.69) is 34.7 Å². The fourth-order valence-electron chi connectivity index (χ4n) is 2.11. The lowest BCUT2D eigenvalue weighted by atomic mass is 10.1. The molecule has 0 saturated carbocycles. The fourth-order valence-corrected chi connectivity index (χ4v) is 2.24. The Morgan fingerprint density at radius 3 is 2.58 bits per heavy atom. The van der Waals surface area contributed by atoms with E-state index >= 15 is 0 Å². The van der Waals surface area contributed by atoms with Crippen LogP contribution in [0.5, 0.6) is 0 Å². The van der Waals surface area contributed by atoms with Gasteiger partial charge in [-0.2, -0.15) is 0 Å². The van der Waals surface area contributed by atoms with Gasteiger partial charge in [-0.05, 0) is 37.3 Å². The lowest BCUT2D eigenvalue weighted by Crippen LogP contribution is -1.96. The Labute approximate surface area is 117 Å². The van der Waals surface area contributed by atoms with Gasteiger partial charge in [0.25, 0.3) is 0 Å². The van der Waals surface area contributed by atoms with Crippen molar-refractivity contribution >= 4 is 11.6 Å². The van der Waals surface area contributed by atoms with Crippen molar-refractivity contribution in [3.63, 3.8) is 0 Å². The number of rotatable bonds is 2. The molecule has 19 heavy (non-hydrogen) atoms. The largest absolute Gasteiger partial charge is 0.300 e. The topological polar surface area (TPSA) is 17.8 Å². The highest BCUT2D eigenvalue weighted by atomic mass is 35.5. The first-order valence-corrected chi connectivity index (χ1v) is 6.48. The molecule has 1 aromatic heterocycles. The van der Waals surface area contributed by atoms with E-state index < -0.39 is 0 Å². The highest BCUT2D eigenvalue weighted by Gasteiger charge is 2.07. The van der Waals surface area contributed by atoms with Crippen molar-refractivity contribution in [3.8, 4) is 17.1 Å². The second-order valence-corrected chi connectivity index (χ2v) is 4.90. The summed E-state index contributed by atoms with van der Waals surface area (Å²) < 4.78 is 2.06. The first-order chi connectivity index (χ1) is 9.24. The molecule has 0 fully saturated rings. The highest BCUT2D eigenvalue weighted by Crippen LogP contribution is 2.23. The van der Waals surface area contributed by atoms with Gasteiger partial charge in [0.15, 0.2) is 0 Å². The normalized spacial score (nSPS) is 10.6. The van der Waals surface area contributed by atoms with Crippen molar-refractivity contribution in [3.05, 3.63) is 71.5 Å². The summed E-state index contributed by atoms with van der Waals surface area (Å²) in [5, 5.41) is 0.737. The van der Waals surface area contributed by atoms with Crippen molar-refractivity contribution in [2.24, 2.45) is 0 Å². The van der Waals surface area contributed by atoms with Gasteiger partial charge in [0, 0.05) is 28.7 Å². The van der Waals surface area contributed by atoms with Gasteiger partial charge < -0.3 is 0 Å². The SMILES string of the molecule is Cc1cccc(-c2nccn2-c2ccc(Cl)cc2)c1.